The van der Waals surface area contributed by atoms with Gasteiger partial charge in [0.15, 0.2) is 5.82 Å². The maximum atomic E-state index is 6.27. The Morgan fingerprint density at radius 1 is 1.33 bits per heavy atom. The molecule has 0 aliphatic heterocycles. The summed E-state index contributed by atoms with van der Waals surface area (Å²) >= 11 is 0. The Hall–Kier alpha value is -1.95. The zero-order valence-electron chi connectivity index (χ0n) is 13.7. The van der Waals surface area contributed by atoms with Gasteiger partial charge >= 0.3 is 0 Å². The van der Waals surface area contributed by atoms with Crippen LogP contribution >= 0.6 is 0 Å². The van der Waals surface area contributed by atoms with Crippen molar-refractivity contribution in [3.63, 3.8) is 0 Å². The van der Waals surface area contributed by atoms with E-state index in [-0.39, 0.29) is 0 Å². The lowest BCUT2D eigenvalue weighted by Gasteiger charge is -2.23. The van der Waals surface area contributed by atoms with Gasteiger partial charge < -0.3 is 20.4 Å². The minimum atomic E-state index is 0.713. The van der Waals surface area contributed by atoms with E-state index in [9.17, 15) is 0 Å². The maximum Gasteiger partial charge on any atom is 0.172 e. The van der Waals surface area contributed by atoms with Crippen LogP contribution in [0.15, 0.2) is 18.3 Å². The topological polar surface area (TPSA) is 58.6 Å². The predicted molar refractivity (Wildman–Crippen MR) is 89.9 cm³/mol. The van der Waals surface area contributed by atoms with Gasteiger partial charge in [-0.3, -0.25) is 0 Å². The van der Waals surface area contributed by atoms with Crippen molar-refractivity contribution in [2.75, 3.05) is 64.3 Å². The molecule has 0 spiro atoms. The summed E-state index contributed by atoms with van der Waals surface area (Å²) in [4.78, 5) is 2.05. The maximum absolute atomic E-state index is 6.27. The summed E-state index contributed by atoms with van der Waals surface area (Å²) in [6.45, 7) is 1.99. The minimum absolute atomic E-state index is 0.713. The summed E-state index contributed by atoms with van der Waals surface area (Å²) in [5.74, 6) is 0.769. The van der Waals surface area contributed by atoms with Gasteiger partial charge in [0.25, 0.3) is 0 Å². The Kier molecular flexibility index (Phi) is 4.27. The van der Waals surface area contributed by atoms with E-state index < -0.39 is 0 Å². The van der Waals surface area contributed by atoms with E-state index in [1.165, 1.54) is 0 Å². The third-order valence-electron chi connectivity index (χ3n) is 3.45. The Bertz CT molecular complexity index is 608. The van der Waals surface area contributed by atoms with Crippen LogP contribution in [-0.4, -0.2) is 62.4 Å². The largest absolute Gasteiger partial charge is 0.394 e. The van der Waals surface area contributed by atoms with Crippen LogP contribution in [-0.2, 0) is 0 Å². The standard InChI is InChI=1S/C15H27N6/c1-19(2)12-8-6-10-20-14(12)13(16)15(18-20)17-9-7-11-21(3,4)5/h6,8,10H,7,9,11,16H2,1-5H3,(H,17,18)/q+1. The molecule has 0 fully saturated rings. The van der Waals surface area contributed by atoms with Crippen molar-refractivity contribution in [3.8, 4) is 0 Å². The molecule has 116 valence electrons. The third kappa shape index (κ3) is 3.58. The van der Waals surface area contributed by atoms with Crippen molar-refractivity contribution < 1.29 is 4.48 Å². The number of nitrogens with zero attached hydrogens (tertiary/aromatic N) is 4. The highest BCUT2D eigenvalue weighted by molar-refractivity contribution is 5.90. The molecule has 0 saturated carbocycles. The Labute approximate surface area is 126 Å². The van der Waals surface area contributed by atoms with Gasteiger partial charge in [-0.1, -0.05) is 0 Å². The number of aromatic nitrogens is 2. The van der Waals surface area contributed by atoms with Gasteiger partial charge in [0.05, 0.1) is 33.4 Å². The molecule has 0 aliphatic carbocycles. The van der Waals surface area contributed by atoms with Crippen LogP contribution in [0.4, 0.5) is 17.2 Å². The molecule has 0 saturated heterocycles. The number of nitrogens with one attached hydrogen (secondary N) is 1. The van der Waals surface area contributed by atoms with Crippen LogP contribution in [0, 0.1) is 0 Å². The molecule has 0 aliphatic rings. The highest BCUT2D eigenvalue weighted by Gasteiger charge is 2.14. The number of rotatable bonds is 6. The molecule has 6 nitrogen and oxygen atoms in total. The number of fused-ring (bicyclic) bond motifs is 1. The van der Waals surface area contributed by atoms with Crippen molar-refractivity contribution in [2.24, 2.45) is 0 Å². The quantitative estimate of drug-likeness (QED) is 0.625. The molecule has 0 bridgehead atoms. The van der Waals surface area contributed by atoms with Gasteiger partial charge in [0, 0.05) is 33.3 Å². The Balaban J connectivity index is 2.15. The Morgan fingerprint density at radius 3 is 2.67 bits per heavy atom. The van der Waals surface area contributed by atoms with E-state index in [1.54, 1.807) is 0 Å². The summed E-state index contributed by atoms with van der Waals surface area (Å²) in [5.41, 5.74) is 9.01. The highest BCUT2D eigenvalue weighted by Crippen LogP contribution is 2.30. The number of nitrogens with two attached hydrogens (primary N) is 1. The minimum Gasteiger partial charge on any atom is -0.394 e. The van der Waals surface area contributed by atoms with E-state index in [1.807, 2.05) is 41.8 Å². The fourth-order valence-corrected chi connectivity index (χ4v) is 2.36. The third-order valence-corrected chi connectivity index (χ3v) is 3.45. The first-order valence-electron chi connectivity index (χ1n) is 7.28. The van der Waals surface area contributed by atoms with Crippen molar-refractivity contribution in [1.82, 2.24) is 9.61 Å². The van der Waals surface area contributed by atoms with E-state index in [2.05, 4.69) is 31.6 Å². The van der Waals surface area contributed by atoms with Crippen molar-refractivity contribution >= 4 is 22.7 Å². The predicted octanol–water partition coefficient (Wildman–Crippen LogP) is 1.49. The fourth-order valence-electron chi connectivity index (χ4n) is 2.36. The second kappa shape index (κ2) is 5.81. The number of hydrogen-bond acceptors (Lipinski definition) is 4. The summed E-state index contributed by atoms with van der Waals surface area (Å²) in [6, 6.07) is 4.03. The van der Waals surface area contributed by atoms with Crippen LogP contribution < -0.4 is 16.0 Å². The molecule has 0 unspecified atom stereocenters. The van der Waals surface area contributed by atoms with Gasteiger partial charge in [-0.15, -0.1) is 5.10 Å². The van der Waals surface area contributed by atoms with Gasteiger partial charge in [-0.05, 0) is 12.1 Å². The molecule has 2 heterocycles. The molecule has 2 aromatic rings. The van der Waals surface area contributed by atoms with Crippen LogP contribution in [0.1, 0.15) is 6.42 Å². The van der Waals surface area contributed by atoms with E-state index in [0.29, 0.717) is 5.69 Å². The van der Waals surface area contributed by atoms with E-state index in [4.69, 9.17) is 5.73 Å². The first kappa shape index (κ1) is 15.4. The van der Waals surface area contributed by atoms with E-state index in [0.717, 1.165) is 41.0 Å². The average Bonchev–Trinajstić information content (AvgIpc) is 2.70. The molecule has 3 N–H and O–H groups in total. The molecule has 2 aromatic heterocycles. The SMILES string of the molecule is CN(C)c1cccn2nc(NCCC[N+](C)(C)C)c(N)c12. The van der Waals surface area contributed by atoms with Crippen LogP contribution in [0.25, 0.3) is 5.52 Å². The highest BCUT2D eigenvalue weighted by atomic mass is 15.3. The smallest absolute Gasteiger partial charge is 0.172 e. The van der Waals surface area contributed by atoms with Crippen molar-refractivity contribution in [1.29, 1.82) is 0 Å². The zero-order valence-corrected chi connectivity index (χ0v) is 13.7. The number of quaternary nitrogens is 1. The summed E-state index contributed by atoms with van der Waals surface area (Å²) in [7, 11) is 10.6. The molecule has 6 heteroatoms. The summed E-state index contributed by atoms with van der Waals surface area (Å²) in [6.07, 6.45) is 3.01. The Morgan fingerprint density at radius 2 is 2.05 bits per heavy atom. The molecule has 21 heavy (non-hydrogen) atoms. The van der Waals surface area contributed by atoms with Crippen molar-refractivity contribution in [2.45, 2.75) is 6.42 Å². The lowest BCUT2D eigenvalue weighted by molar-refractivity contribution is -0.870. The second-order valence-corrected chi connectivity index (χ2v) is 6.64. The lowest BCUT2D eigenvalue weighted by Crippen LogP contribution is -2.36. The number of nitrogen functional groups attached to an aromatic ring is 1. The molecular weight excluding hydrogens is 264 g/mol. The van der Waals surface area contributed by atoms with Gasteiger partial charge in [-0.2, -0.15) is 0 Å². The number of pyridine rings is 1. The lowest BCUT2D eigenvalue weighted by atomic mass is 10.3. The number of hydrogen-bond donors (Lipinski definition) is 2. The van der Waals surface area contributed by atoms with Gasteiger partial charge in [0.1, 0.15) is 11.2 Å². The fraction of sp³-hybridized carbons (Fsp3) is 0.533. The molecule has 0 radical (unpaired) electrons. The first-order chi connectivity index (χ1) is 9.79. The number of anilines is 3. The van der Waals surface area contributed by atoms with E-state index >= 15 is 0 Å². The molecule has 0 amide bonds. The molecule has 0 atom stereocenters. The van der Waals surface area contributed by atoms with Crippen LogP contribution in [0.3, 0.4) is 0 Å². The van der Waals surface area contributed by atoms with Crippen molar-refractivity contribution in [3.05, 3.63) is 18.3 Å². The first-order valence-corrected chi connectivity index (χ1v) is 7.28. The normalized spacial score (nSPS) is 11.9. The summed E-state index contributed by atoms with van der Waals surface area (Å²) in [5, 5.41) is 7.89. The summed E-state index contributed by atoms with van der Waals surface area (Å²) < 4.78 is 2.81. The average molecular weight is 291 g/mol. The molecule has 0 aromatic carbocycles. The van der Waals surface area contributed by atoms with Gasteiger partial charge in [0.2, 0.25) is 0 Å². The van der Waals surface area contributed by atoms with Gasteiger partial charge in [-0.25, -0.2) is 4.52 Å². The van der Waals surface area contributed by atoms with Crippen LogP contribution in [0.5, 0.6) is 0 Å². The molecule has 2 rings (SSSR count). The van der Waals surface area contributed by atoms with Crippen LogP contribution in [0.2, 0.25) is 0 Å². The molecular formula is C15H27N6+. The second-order valence-electron chi connectivity index (χ2n) is 6.64. The zero-order chi connectivity index (χ0) is 15.6. The monoisotopic (exact) mass is 291 g/mol.